The van der Waals surface area contributed by atoms with Crippen LogP contribution in [0, 0.1) is 5.82 Å². The summed E-state index contributed by atoms with van der Waals surface area (Å²) < 4.78 is 18.8. The first-order valence-corrected chi connectivity index (χ1v) is 6.60. The van der Waals surface area contributed by atoms with E-state index in [0.717, 1.165) is 5.56 Å². The molecule has 4 nitrogen and oxygen atoms in total. The summed E-state index contributed by atoms with van der Waals surface area (Å²) in [6.45, 7) is 0. The van der Waals surface area contributed by atoms with Crippen LogP contribution in [0.25, 0.3) is 0 Å². The van der Waals surface area contributed by atoms with Crippen molar-refractivity contribution < 1.29 is 8.91 Å². The molecule has 0 bridgehead atoms. The SMILES string of the molecule is Nc1ccccc1Cc1nc(Cc2ccccc2F)no1. The van der Waals surface area contributed by atoms with E-state index in [0.29, 0.717) is 35.8 Å². The Hall–Kier alpha value is -2.69. The number of benzene rings is 2. The minimum absolute atomic E-state index is 0.267. The van der Waals surface area contributed by atoms with Gasteiger partial charge in [0.05, 0.1) is 6.42 Å². The van der Waals surface area contributed by atoms with Gasteiger partial charge in [-0.1, -0.05) is 41.6 Å². The van der Waals surface area contributed by atoms with E-state index in [1.54, 1.807) is 18.2 Å². The van der Waals surface area contributed by atoms with Crippen LogP contribution in [0.3, 0.4) is 0 Å². The molecule has 106 valence electrons. The van der Waals surface area contributed by atoms with E-state index in [1.807, 2.05) is 24.3 Å². The van der Waals surface area contributed by atoms with E-state index in [-0.39, 0.29) is 5.82 Å². The van der Waals surface area contributed by atoms with Gasteiger partial charge in [-0.15, -0.1) is 0 Å². The first-order valence-electron chi connectivity index (χ1n) is 6.60. The molecular formula is C16H14FN3O. The molecule has 3 aromatic rings. The van der Waals surface area contributed by atoms with Crippen LogP contribution in [0.5, 0.6) is 0 Å². The summed E-state index contributed by atoms with van der Waals surface area (Å²) in [5.41, 5.74) is 8.04. The Morgan fingerprint density at radius 1 is 0.952 bits per heavy atom. The quantitative estimate of drug-likeness (QED) is 0.748. The Morgan fingerprint density at radius 2 is 1.67 bits per heavy atom. The molecule has 0 fully saturated rings. The minimum atomic E-state index is -0.267. The third-order valence-electron chi connectivity index (χ3n) is 3.21. The van der Waals surface area contributed by atoms with Crippen molar-refractivity contribution in [2.24, 2.45) is 0 Å². The van der Waals surface area contributed by atoms with Crippen LogP contribution in [0.4, 0.5) is 10.1 Å². The molecule has 0 spiro atoms. The summed E-state index contributed by atoms with van der Waals surface area (Å²) in [5.74, 6) is 0.667. The fourth-order valence-electron chi connectivity index (χ4n) is 2.10. The molecule has 5 heteroatoms. The zero-order valence-corrected chi connectivity index (χ0v) is 11.3. The van der Waals surface area contributed by atoms with Gasteiger partial charge in [0.15, 0.2) is 5.82 Å². The van der Waals surface area contributed by atoms with Gasteiger partial charge in [-0.2, -0.15) is 4.98 Å². The van der Waals surface area contributed by atoms with Crippen molar-refractivity contribution >= 4 is 5.69 Å². The zero-order chi connectivity index (χ0) is 14.7. The minimum Gasteiger partial charge on any atom is -0.398 e. The summed E-state index contributed by atoms with van der Waals surface area (Å²) in [7, 11) is 0. The largest absolute Gasteiger partial charge is 0.398 e. The third-order valence-corrected chi connectivity index (χ3v) is 3.21. The van der Waals surface area contributed by atoms with Gasteiger partial charge in [-0.05, 0) is 23.3 Å². The molecule has 2 aromatic carbocycles. The van der Waals surface area contributed by atoms with Gasteiger partial charge in [0.2, 0.25) is 5.89 Å². The Labute approximate surface area is 121 Å². The predicted octanol–water partition coefficient (Wildman–Crippen LogP) is 2.97. The zero-order valence-electron chi connectivity index (χ0n) is 11.3. The summed E-state index contributed by atoms with van der Waals surface area (Å²) in [6.07, 6.45) is 0.775. The van der Waals surface area contributed by atoms with Crippen LogP contribution < -0.4 is 5.73 Å². The molecule has 1 heterocycles. The van der Waals surface area contributed by atoms with Crippen molar-refractivity contribution in [2.75, 3.05) is 5.73 Å². The normalized spacial score (nSPS) is 10.7. The molecule has 0 aliphatic carbocycles. The summed E-state index contributed by atoms with van der Waals surface area (Å²) in [4.78, 5) is 4.28. The van der Waals surface area contributed by atoms with Gasteiger partial charge in [-0.3, -0.25) is 0 Å². The molecule has 0 radical (unpaired) electrons. The van der Waals surface area contributed by atoms with E-state index < -0.39 is 0 Å². The van der Waals surface area contributed by atoms with E-state index in [4.69, 9.17) is 10.3 Å². The maximum atomic E-state index is 13.6. The highest BCUT2D eigenvalue weighted by Gasteiger charge is 2.11. The lowest BCUT2D eigenvalue weighted by molar-refractivity contribution is 0.380. The van der Waals surface area contributed by atoms with E-state index in [2.05, 4.69) is 10.1 Å². The van der Waals surface area contributed by atoms with E-state index >= 15 is 0 Å². The highest BCUT2D eigenvalue weighted by molar-refractivity contribution is 5.47. The Bertz CT molecular complexity index is 693. The van der Waals surface area contributed by atoms with Crippen LogP contribution in [-0.4, -0.2) is 10.1 Å². The number of nitrogens with two attached hydrogens (primary N) is 1. The lowest BCUT2D eigenvalue weighted by atomic mass is 10.1. The average molecular weight is 283 g/mol. The van der Waals surface area contributed by atoms with Crippen molar-refractivity contribution in [3.05, 3.63) is 77.2 Å². The second kappa shape index (κ2) is 5.75. The standard InChI is InChI=1S/C16H14FN3O/c17-13-7-3-1-5-11(13)9-15-19-16(21-20-15)10-12-6-2-4-8-14(12)18/h1-8H,9-10,18H2. The lowest BCUT2D eigenvalue weighted by Crippen LogP contribution is -1.97. The van der Waals surface area contributed by atoms with Crippen LogP contribution in [0.2, 0.25) is 0 Å². The van der Waals surface area contributed by atoms with Gasteiger partial charge in [0, 0.05) is 12.1 Å². The predicted molar refractivity (Wildman–Crippen MR) is 77.2 cm³/mol. The Balaban J connectivity index is 1.75. The number of halogens is 1. The molecular weight excluding hydrogens is 269 g/mol. The van der Waals surface area contributed by atoms with E-state index in [9.17, 15) is 4.39 Å². The monoisotopic (exact) mass is 283 g/mol. The lowest BCUT2D eigenvalue weighted by Gasteiger charge is -2.00. The van der Waals surface area contributed by atoms with Crippen molar-refractivity contribution in [2.45, 2.75) is 12.8 Å². The van der Waals surface area contributed by atoms with Crippen molar-refractivity contribution in [3.8, 4) is 0 Å². The molecule has 0 aliphatic heterocycles. The number of nitrogens with zero attached hydrogens (tertiary/aromatic N) is 2. The number of hydrogen-bond donors (Lipinski definition) is 1. The van der Waals surface area contributed by atoms with Crippen molar-refractivity contribution in [1.82, 2.24) is 10.1 Å². The second-order valence-electron chi connectivity index (χ2n) is 4.75. The third kappa shape index (κ3) is 3.08. The average Bonchev–Trinajstić information content (AvgIpc) is 2.91. The molecule has 0 unspecified atom stereocenters. The molecule has 3 rings (SSSR count). The maximum absolute atomic E-state index is 13.6. The molecule has 0 saturated heterocycles. The van der Waals surface area contributed by atoms with Crippen LogP contribution in [0.15, 0.2) is 53.1 Å². The first-order chi connectivity index (χ1) is 10.2. The molecule has 1 aromatic heterocycles. The summed E-state index contributed by atoms with van der Waals surface area (Å²) in [6, 6.07) is 14.1. The molecule has 0 saturated carbocycles. The Morgan fingerprint density at radius 3 is 2.43 bits per heavy atom. The van der Waals surface area contributed by atoms with Gasteiger partial charge in [-0.25, -0.2) is 4.39 Å². The van der Waals surface area contributed by atoms with Gasteiger partial charge >= 0.3 is 0 Å². The fourth-order valence-corrected chi connectivity index (χ4v) is 2.10. The van der Waals surface area contributed by atoms with Gasteiger partial charge < -0.3 is 10.3 Å². The van der Waals surface area contributed by atoms with Gasteiger partial charge in [0.25, 0.3) is 0 Å². The fraction of sp³-hybridized carbons (Fsp3) is 0.125. The topological polar surface area (TPSA) is 64.9 Å². The highest BCUT2D eigenvalue weighted by atomic mass is 19.1. The molecule has 0 amide bonds. The smallest absolute Gasteiger partial charge is 0.231 e. The number of nitrogen functional groups attached to an aromatic ring is 1. The molecule has 0 aliphatic rings. The molecule has 21 heavy (non-hydrogen) atoms. The van der Waals surface area contributed by atoms with E-state index in [1.165, 1.54) is 6.07 Å². The number of anilines is 1. The van der Waals surface area contributed by atoms with Crippen molar-refractivity contribution in [3.63, 3.8) is 0 Å². The number of hydrogen-bond acceptors (Lipinski definition) is 4. The summed E-state index contributed by atoms with van der Waals surface area (Å²) in [5, 5.41) is 3.88. The maximum Gasteiger partial charge on any atom is 0.231 e. The van der Waals surface area contributed by atoms with Crippen LogP contribution >= 0.6 is 0 Å². The summed E-state index contributed by atoms with van der Waals surface area (Å²) >= 11 is 0. The second-order valence-corrected chi connectivity index (χ2v) is 4.75. The number of aromatic nitrogens is 2. The molecule has 2 N–H and O–H groups in total. The highest BCUT2D eigenvalue weighted by Crippen LogP contribution is 2.16. The van der Waals surface area contributed by atoms with Crippen molar-refractivity contribution in [1.29, 1.82) is 0 Å². The Kier molecular flexibility index (Phi) is 3.64. The van der Waals surface area contributed by atoms with Crippen LogP contribution in [-0.2, 0) is 12.8 Å². The van der Waals surface area contributed by atoms with Gasteiger partial charge in [0.1, 0.15) is 5.82 Å². The number of rotatable bonds is 4. The number of para-hydroxylation sites is 1. The molecule has 0 atom stereocenters. The first kappa shape index (κ1) is 13.3. The van der Waals surface area contributed by atoms with Crippen LogP contribution in [0.1, 0.15) is 22.8 Å².